The highest BCUT2D eigenvalue weighted by Gasteiger charge is 2.36. The minimum absolute atomic E-state index is 0.00763. The summed E-state index contributed by atoms with van der Waals surface area (Å²) in [6.45, 7) is 0. The summed E-state index contributed by atoms with van der Waals surface area (Å²) in [5.41, 5.74) is -2.76. The summed E-state index contributed by atoms with van der Waals surface area (Å²) in [6.07, 6.45) is -8.51. The van der Waals surface area contributed by atoms with Crippen LogP contribution in [0.3, 0.4) is 0 Å². The number of aromatic nitrogens is 5. The van der Waals surface area contributed by atoms with Gasteiger partial charge in [0.05, 0.1) is 27.9 Å². The molecule has 0 atom stereocenters. The van der Waals surface area contributed by atoms with Crippen LogP contribution in [0.15, 0.2) is 70.2 Å². The molecule has 2 aromatic carbocycles. The summed E-state index contributed by atoms with van der Waals surface area (Å²) in [5, 5.41) is 12.6. The van der Waals surface area contributed by atoms with Crippen molar-refractivity contribution in [3.63, 3.8) is 0 Å². The number of primary sulfonamides is 1. The van der Waals surface area contributed by atoms with Crippen molar-refractivity contribution < 1.29 is 39.3 Å². The third-order valence-electron chi connectivity index (χ3n) is 5.35. The van der Waals surface area contributed by atoms with Crippen molar-refractivity contribution in [3.8, 4) is 34.1 Å². The molecule has 0 spiro atoms. The standard InChI is InChI=1S/C22H12F6N6O3S/c23-21(24,25)13-6-4-11(5-7-13)16-9-17(22(26,27)28)34-19(31-16)15(10-30-34)18-32-20(37-33-18)12-2-1-3-14(8-12)38(29,35)36/h1-10H,(H2,29,35,36). The van der Waals surface area contributed by atoms with Crippen LogP contribution in [0.2, 0.25) is 0 Å². The Morgan fingerprint density at radius 2 is 1.58 bits per heavy atom. The molecular formula is C22H12F6N6O3S. The van der Waals surface area contributed by atoms with E-state index >= 15 is 0 Å². The molecule has 0 saturated carbocycles. The Labute approximate surface area is 208 Å². The minimum atomic E-state index is -4.90. The zero-order valence-electron chi connectivity index (χ0n) is 18.5. The number of rotatable bonds is 4. The third-order valence-corrected chi connectivity index (χ3v) is 6.26. The molecule has 196 valence electrons. The fraction of sp³-hybridized carbons (Fsp3) is 0.0909. The topological polar surface area (TPSA) is 129 Å². The molecule has 16 heteroatoms. The number of benzene rings is 2. The summed E-state index contributed by atoms with van der Waals surface area (Å²) in [7, 11) is -4.04. The van der Waals surface area contributed by atoms with E-state index in [1.54, 1.807) is 0 Å². The van der Waals surface area contributed by atoms with Crippen molar-refractivity contribution >= 4 is 15.7 Å². The van der Waals surface area contributed by atoms with Gasteiger partial charge in [0.15, 0.2) is 11.3 Å². The van der Waals surface area contributed by atoms with Crippen LogP contribution in [0.5, 0.6) is 0 Å². The van der Waals surface area contributed by atoms with Gasteiger partial charge in [-0.15, -0.1) is 0 Å². The smallest absolute Gasteiger partial charge is 0.334 e. The lowest BCUT2D eigenvalue weighted by Gasteiger charge is -2.12. The fourth-order valence-electron chi connectivity index (χ4n) is 3.56. The molecule has 5 aromatic rings. The van der Waals surface area contributed by atoms with E-state index in [4.69, 9.17) is 9.66 Å². The lowest BCUT2D eigenvalue weighted by atomic mass is 10.1. The molecule has 3 heterocycles. The summed E-state index contributed by atoms with van der Waals surface area (Å²) in [5.74, 6) is -0.388. The van der Waals surface area contributed by atoms with Crippen LogP contribution in [0.1, 0.15) is 11.3 Å². The highest BCUT2D eigenvalue weighted by Crippen LogP contribution is 2.36. The predicted octanol–water partition coefficient (Wildman–Crippen LogP) is 4.80. The number of sulfonamides is 1. The number of hydrogen-bond acceptors (Lipinski definition) is 7. The minimum Gasteiger partial charge on any atom is -0.334 e. The van der Waals surface area contributed by atoms with Gasteiger partial charge in [0.25, 0.3) is 5.89 Å². The summed E-state index contributed by atoms with van der Waals surface area (Å²) >= 11 is 0. The van der Waals surface area contributed by atoms with Gasteiger partial charge in [-0.1, -0.05) is 23.4 Å². The molecule has 9 nitrogen and oxygen atoms in total. The number of alkyl halides is 6. The molecule has 0 aliphatic heterocycles. The average molecular weight is 554 g/mol. The van der Waals surface area contributed by atoms with Crippen LogP contribution >= 0.6 is 0 Å². The van der Waals surface area contributed by atoms with Gasteiger partial charge in [-0.2, -0.15) is 36.4 Å². The van der Waals surface area contributed by atoms with Gasteiger partial charge < -0.3 is 4.52 Å². The van der Waals surface area contributed by atoms with Gasteiger partial charge >= 0.3 is 12.4 Å². The number of hydrogen-bond donors (Lipinski definition) is 1. The van der Waals surface area contributed by atoms with Crippen molar-refractivity contribution in [1.82, 2.24) is 24.7 Å². The van der Waals surface area contributed by atoms with Crippen molar-refractivity contribution in [3.05, 3.63) is 72.1 Å². The molecule has 0 aliphatic carbocycles. The van der Waals surface area contributed by atoms with Crippen molar-refractivity contribution in [2.75, 3.05) is 0 Å². The molecule has 0 radical (unpaired) electrons. The quantitative estimate of drug-likeness (QED) is 0.316. The zero-order chi connectivity index (χ0) is 27.5. The molecule has 5 rings (SSSR count). The Bertz CT molecular complexity index is 1780. The molecule has 0 bridgehead atoms. The number of fused-ring (bicyclic) bond motifs is 1. The molecule has 0 saturated heterocycles. The number of nitrogens with zero attached hydrogens (tertiary/aromatic N) is 5. The van der Waals surface area contributed by atoms with E-state index in [0.29, 0.717) is 10.6 Å². The SMILES string of the molecule is NS(=O)(=O)c1cccc(-c2nc(-c3cnn4c(C(F)(F)F)cc(-c5ccc(C(F)(F)F)cc5)nc34)no2)c1. The molecule has 0 amide bonds. The molecule has 0 fully saturated rings. The maximum Gasteiger partial charge on any atom is 0.433 e. The number of nitrogens with two attached hydrogens (primary N) is 1. The Balaban J connectivity index is 1.63. The highest BCUT2D eigenvalue weighted by molar-refractivity contribution is 7.89. The molecule has 0 unspecified atom stereocenters. The lowest BCUT2D eigenvalue weighted by molar-refractivity contribution is -0.142. The van der Waals surface area contributed by atoms with Crippen molar-refractivity contribution in [2.24, 2.45) is 5.14 Å². The van der Waals surface area contributed by atoms with Gasteiger partial charge in [-0.3, -0.25) is 0 Å². The van der Waals surface area contributed by atoms with Crippen LogP contribution in [0, 0.1) is 0 Å². The Hall–Kier alpha value is -4.31. The lowest BCUT2D eigenvalue weighted by Crippen LogP contribution is -2.13. The van der Waals surface area contributed by atoms with Crippen LogP contribution in [-0.2, 0) is 22.4 Å². The molecule has 38 heavy (non-hydrogen) atoms. The largest absolute Gasteiger partial charge is 0.433 e. The highest BCUT2D eigenvalue weighted by atomic mass is 32.2. The van der Waals surface area contributed by atoms with Gasteiger partial charge in [0.2, 0.25) is 15.8 Å². The Morgan fingerprint density at radius 1 is 0.868 bits per heavy atom. The Kier molecular flexibility index (Phi) is 5.75. The first-order valence-corrected chi connectivity index (χ1v) is 11.9. The van der Waals surface area contributed by atoms with Gasteiger partial charge in [-0.05, 0) is 36.4 Å². The van der Waals surface area contributed by atoms with E-state index in [1.165, 1.54) is 24.3 Å². The van der Waals surface area contributed by atoms with E-state index in [1.807, 2.05) is 0 Å². The second-order valence-electron chi connectivity index (χ2n) is 7.89. The zero-order valence-corrected chi connectivity index (χ0v) is 19.3. The van der Waals surface area contributed by atoms with Crippen LogP contribution in [0.4, 0.5) is 26.3 Å². The van der Waals surface area contributed by atoms with Crippen molar-refractivity contribution in [2.45, 2.75) is 17.2 Å². The normalized spacial score (nSPS) is 12.8. The van der Waals surface area contributed by atoms with Gasteiger partial charge in [-0.25, -0.2) is 23.1 Å². The van der Waals surface area contributed by atoms with Crippen molar-refractivity contribution in [1.29, 1.82) is 0 Å². The van der Waals surface area contributed by atoms with Crippen LogP contribution < -0.4 is 5.14 Å². The van der Waals surface area contributed by atoms with E-state index in [-0.39, 0.29) is 44.6 Å². The van der Waals surface area contributed by atoms with E-state index in [0.717, 1.165) is 30.5 Å². The fourth-order valence-corrected chi connectivity index (χ4v) is 4.12. The van der Waals surface area contributed by atoms with Crippen LogP contribution in [-0.4, -0.2) is 33.2 Å². The van der Waals surface area contributed by atoms with Gasteiger partial charge in [0.1, 0.15) is 0 Å². The predicted molar refractivity (Wildman–Crippen MR) is 119 cm³/mol. The van der Waals surface area contributed by atoms with Gasteiger partial charge in [0, 0.05) is 11.1 Å². The van der Waals surface area contributed by atoms with Crippen LogP contribution in [0.25, 0.3) is 39.7 Å². The monoisotopic (exact) mass is 554 g/mol. The first-order valence-electron chi connectivity index (χ1n) is 10.3. The average Bonchev–Trinajstić information content (AvgIpc) is 3.49. The molecule has 2 N–H and O–H groups in total. The summed E-state index contributed by atoms with van der Waals surface area (Å²) < 4.78 is 109. The Morgan fingerprint density at radius 3 is 2.21 bits per heavy atom. The molecule has 3 aromatic heterocycles. The first kappa shape index (κ1) is 25.3. The first-order chi connectivity index (χ1) is 17.7. The maximum atomic E-state index is 13.9. The molecular weight excluding hydrogens is 542 g/mol. The summed E-state index contributed by atoms with van der Waals surface area (Å²) in [6, 6.07) is 9.36. The second-order valence-corrected chi connectivity index (χ2v) is 9.45. The third kappa shape index (κ3) is 4.70. The molecule has 0 aliphatic rings. The van der Waals surface area contributed by atoms with E-state index in [9.17, 15) is 34.8 Å². The summed E-state index contributed by atoms with van der Waals surface area (Å²) in [4.78, 5) is 8.06. The second kappa shape index (κ2) is 8.63. The van der Waals surface area contributed by atoms with E-state index in [2.05, 4.69) is 20.2 Å². The number of halogens is 6. The van der Waals surface area contributed by atoms with E-state index < -0.39 is 33.6 Å². The maximum absolute atomic E-state index is 13.9.